The number of carbonyl (C=O) groups is 1. The zero-order valence-corrected chi connectivity index (χ0v) is 33.7. The highest BCUT2D eigenvalue weighted by molar-refractivity contribution is 6.05. The zero-order chi connectivity index (χ0) is 40.3. The van der Waals surface area contributed by atoms with Crippen LogP contribution in [-0.4, -0.2) is 22.8 Å². The molecular weight excluding hydrogens is 727 g/mol. The largest absolute Gasteiger partial charge is 0.329 e. The number of hydrogen-bond acceptors (Lipinski definition) is 4. The Hall–Kier alpha value is -6.11. The number of Topliss-reactive ketones (excluding diaryl/α,β-unsaturated/α-hetero) is 1. The molecule has 6 heteroatoms. The van der Waals surface area contributed by atoms with Crippen LogP contribution in [-0.2, 0) is 0 Å². The molecule has 2 aliphatic carbocycles. The summed E-state index contributed by atoms with van der Waals surface area (Å²) in [5.74, 6) is 1.20. The SMILES string of the molecule is CNC(c1ccc2c(-c3ccc4c(=O)[nH]ccc4c3)cccc2c1)C1CCCCC1.O=C(c1ccc2c(-c3ccc4c(=O)[nH]ccc4c3)cccc2c1)C1CCCCC1. The van der Waals surface area contributed by atoms with Crippen molar-refractivity contribution in [2.75, 3.05) is 7.05 Å². The second-order valence-electron chi connectivity index (χ2n) is 16.6. The van der Waals surface area contributed by atoms with Crippen LogP contribution in [0.2, 0.25) is 0 Å². The number of aromatic nitrogens is 2. The van der Waals surface area contributed by atoms with Gasteiger partial charge in [0.1, 0.15) is 0 Å². The Morgan fingerprint density at radius 3 is 1.63 bits per heavy atom. The van der Waals surface area contributed by atoms with Crippen molar-refractivity contribution in [2.24, 2.45) is 11.8 Å². The van der Waals surface area contributed by atoms with Crippen LogP contribution in [0.4, 0.5) is 0 Å². The van der Waals surface area contributed by atoms with Crippen LogP contribution in [0.15, 0.2) is 143 Å². The fourth-order valence-electron chi connectivity index (χ4n) is 9.90. The van der Waals surface area contributed by atoms with E-state index in [-0.39, 0.29) is 17.0 Å². The minimum atomic E-state index is -0.0714. The maximum Gasteiger partial charge on any atom is 0.255 e. The van der Waals surface area contributed by atoms with Crippen LogP contribution in [0, 0.1) is 11.8 Å². The lowest BCUT2D eigenvalue weighted by molar-refractivity contribution is 0.0889. The van der Waals surface area contributed by atoms with Gasteiger partial charge in [-0.15, -0.1) is 0 Å². The summed E-state index contributed by atoms with van der Waals surface area (Å²) in [4.78, 5) is 42.4. The quantitative estimate of drug-likeness (QED) is 0.140. The summed E-state index contributed by atoms with van der Waals surface area (Å²) in [6.45, 7) is 0. The normalized spacial score (nSPS) is 15.6. The fraction of sp³-hybridized carbons (Fsp3) is 0.264. The molecule has 6 aromatic carbocycles. The number of carbonyl (C=O) groups excluding carboxylic acids is 1. The molecule has 2 saturated carbocycles. The Labute approximate surface area is 344 Å². The maximum absolute atomic E-state index is 12.9. The monoisotopic (exact) mass is 777 g/mol. The molecule has 1 unspecified atom stereocenters. The molecule has 296 valence electrons. The lowest BCUT2D eigenvalue weighted by atomic mass is 9.80. The summed E-state index contributed by atoms with van der Waals surface area (Å²) in [6.07, 6.45) is 15.7. The van der Waals surface area contributed by atoms with E-state index in [2.05, 4.69) is 95.1 Å². The maximum atomic E-state index is 12.9. The molecule has 0 aliphatic heterocycles. The third kappa shape index (κ3) is 7.90. The van der Waals surface area contributed by atoms with Crippen LogP contribution in [0.25, 0.3) is 65.3 Å². The first-order chi connectivity index (χ1) is 28.9. The highest BCUT2D eigenvalue weighted by Gasteiger charge is 2.25. The molecular formula is C53H51N3O3. The summed E-state index contributed by atoms with van der Waals surface area (Å²) in [5, 5.41) is 11.6. The van der Waals surface area contributed by atoms with E-state index in [0.29, 0.717) is 17.2 Å². The first-order valence-electron chi connectivity index (χ1n) is 21.5. The standard InChI is InChI=1S/C27H28N2O.C26H23NO2/c1-28-26(18-6-3-2-4-7-18)22-11-12-24-19(17-22)8-5-9-23(24)20-10-13-25-21(16-20)14-15-29-27(25)30;28-25(17-5-2-1-3-6-17)21-10-11-23-18(16-21)7-4-8-22(23)19-9-12-24-20(15-19)13-14-27-26(24)29/h5,8-18,26,28H,2-4,6-7H2,1H3,(H,29,30);4,7-17H,1-3,5-6H2,(H,27,29). The van der Waals surface area contributed by atoms with Crippen molar-refractivity contribution < 1.29 is 4.79 Å². The van der Waals surface area contributed by atoms with Crippen molar-refractivity contribution >= 4 is 48.9 Å². The summed E-state index contributed by atoms with van der Waals surface area (Å²) < 4.78 is 0. The first-order valence-corrected chi connectivity index (χ1v) is 21.5. The van der Waals surface area contributed by atoms with Crippen molar-refractivity contribution in [3.05, 3.63) is 166 Å². The Morgan fingerprint density at radius 1 is 0.542 bits per heavy atom. The third-order valence-electron chi connectivity index (χ3n) is 13.0. The second kappa shape index (κ2) is 17.0. The molecule has 10 rings (SSSR count). The predicted octanol–water partition coefficient (Wildman–Crippen LogP) is 12.3. The molecule has 2 fully saturated rings. The molecule has 0 saturated heterocycles. The Bertz CT molecular complexity index is 2930. The van der Waals surface area contributed by atoms with Gasteiger partial charge in [-0.05, 0) is 147 Å². The summed E-state index contributed by atoms with van der Waals surface area (Å²) >= 11 is 0. The molecule has 0 radical (unpaired) electrons. The number of ketones is 1. The molecule has 0 bridgehead atoms. The number of fused-ring (bicyclic) bond motifs is 4. The molecule has 3 N–H and O–H groups in total. The molecule has 8 aromatic rings. The first kappa shape index (κ1) is 38.4. The molecule has 6 nitrogen and oxygen atoms in total. The average Bonchev–Trinajstić information content (AvgIpc) is 3.29. The van der Waals surface area contributed by atoms with Gasteiger partial charge in [0.25, 0.3) is 11.1 Å². The minimum absolute atomic E-state index is 0.0394. The topological polar surface area (TPSA) is 94.8 Å². The van der Waals surface area contributed by atoms with Crippen LogP contribution in [0.5, 0.6) is 0 Å². The molecule has 2 heterocycles. The molecule has 59 heavy (non-hydrogen) atoms. The second-order valence-corrected chi connectivity index (χ2v) is 16.6. The van der Waals surface area contributed by atoms with Gasteiger partial charge in [0.15, 0.2) is 5.78 Å². The molecule has 1 atom stereocenters. The van der Waals surface area contributed by atoms with Crippen molar-refractivity contribution in [2.45, 2.75) is 70.3 Å². The van der Waals surface area contributed by atoms with E-state index in [9.17, 15) is 14.4 Å². The van der Waals surface area contributed by atoms with Gasteiger partial charge in [-0.2, -0.15) is 0 Å². The zero-order valence-electron chi connectivity index (χ0n) is 33.7. The van der Waals surface area contributed by atoms with Crippen LogP contribution < -0.4 is 16.4 Å². The molecule has 0 amide bonds. The van der Waals surface area contributed by atoms with E-state index in [4.69, 9.17) is 0 Å². The van der Waals surface area contributed by atoms with Crippen molar-refractivity contribution in [1.82, 2.24) is 15.3 Å². The van der Waals surface area contributed by atoms with Crippen LogP contribution >= 0.6 is 0 Å². The van der Waals surface area contributed by atoms with Gasteiger partial charge in [0, 0.05) is 40.7 Å². The van der Waals surface area contributed by atoms with Crippen molar-refractivity contribution in [3.63, 3.8) is 0 Å². The predicted molar refractivity (Wildman–Crippen MR) is 244 cm³/mol. The van der Waals surface area contributed by atoms with Gasteiger partial charge in [0.05, 0.1) is 0 Å². The van der Waals surface area contributed by atoms with Gasteiger partial charge >= 0.3 is 0 Å². The summed E-state index contributed by atoms with van der Waals surface area (Å²) in [5.41, 5.74) is 6.64. The number of nitrogens with one attached hydrogen (secondary N) is 3. The van der Waals surface area contributed by atoms with Gasteiger partial charge < -0.3 is 15.3 Å². The molecule has 2 aromatic heterocycles. The van der Waals surface area contributed by atoms with Crippen LogP contribution in [0.1, 0.15) is 86.2 Å². The molecule has 0 spiro atoms. The van der Waals surface area contributed by atoms with E-state index < -0.39 is 0 Å². The summed E-state index contributed by atoms with van der Waals surface area (Å²) in [7, 11) is 2.09. The van der Waals surface area contributed by atoms with E-state index >= 15 is 0 Å². The van der Waals surface area contributed by atoms with Crippen LogP contribution in [0.3, 0.4) is 0 Å². The van der Waals surface area contributed by atoms with E-state index in [1.54, 1.807) is 12.4 Å². The number of benzene rings is 6. The lowest BCUT2D eigenvalue weighted by Gasteiger charge is -2.30. The highest BCUT2D eigenvalue weighted by atomic mass is 16.1. The lowest BCUT2D eigenvalue weighted by Crippen LogP contribution is -2.26. The van der Waals surface area contributed by atoms with E-state index in [1.807, 2.05) is 48.5 Å². The highest BCUT2D eigenvalue weighted by Crippen LogP contribution is 2.38. The number of aromatic amines is 2. The number of rotatable bonds is 7. The Morgan fingerprint density at radius 2 is 1.05 bits per heavy atom. The number of H-pyrrole nitrogens is 2. The third-order valence-corrected chi connectivity index (χ3v) is 13.0. The summed E-state index contributed by atoms with van der Waals surface area (Å²) in [6, 6.07) is 42.1. The van der Waals surface area contributed by atoms with Gasteiger partial charge in [-0.3, -0.25) is 14.4 Å². The van der Waals surface area contributed by atoms with Gasteiger partial charge in [-0.25, -0.2) is 0 Å². The van der Waals surface area contributed by atoms with E-state index in [1.165, 1.54) is 73.3 Å². The molecule has 2 aliphatic rings. The Balaban J connectivity index is 0.000000152. The number of hydrogen-bond donors (Lipinski definition) is 3. The minimum Gasteiger partial charge on any atom is -0.329 e. The van der Waals surface area contributed by atoms with E-state index in [0.717, 1.165) is 67.9 Å². The van der Waals surface area contributed by atoms with Crippen molar-refractivity contribution in [3.8, 4) is 22.3 Å². The van der Waals surface area contributed by atoms with Gasteiger partial charge in [0.2, 0.25) is 0 Å². The van der Waals surface area contributed by atoms with Gasteiger partial charge in [-0.1, -0.05) is 111 Å². The average molecular weight is 778 g/mol. The fourth-order valence-corrected chi connectivity index (χ4v) is 9.90. The van der Waals surface area contributed by atoms with Crippen molar-refractivity contribution in [1.29, 1.82) is 0 Å². The number of pyridine rings is 2. The smallest absolute Gasteiger partial charge is 0.255 e. The Kier molecular flexibility index (Phi) is 11.1.